The minimum absolute atomic E-state index is 0.0958. The van der Waals surface area contributed by atoms with Gasteiger partial charge in [0.25, 0.3) is 0 Å². The Kier molecular flexibility index (Phi) is 2.67. The summed E-state index contributed by atoms with van der Waals surface area (Å²) in [6, 6.07) is 6.10. The molecule has 0 aliphatic heterocycles. The minimum atomic E-state index is -1.01. The van der Waals surface area contributed by atoms with Gasteiger partial charge < -0.3 is 5.73 Å². The van der Waals surface area contributed by atoms with Crippen LogP contribution in [0.3, 0.4) is 0 Å². The van der Waals surface area contributed by atoms with Crippen LogP contribution in [0.5, 0.6) is 0 Å². The van der Waals surface area contributed by atoms with Crippen molar-refractivity contribution < 1.29 is 13.2 Å². The van der Waals surface area contributed by atoms with E-state index in [0.717, 1.165) is 16.8 Å². The van der Waals surface area contributed by atoms with Crippen molar-refractivity contribution in [2.75, 3.05) is 5.73 Å². The van der Waals surface area contributed by atoms with Gasteiger partial charge in [0, 0.05) is 23.4 Å². The van der Waals surface area contributed by atoms with E-state index in [2.05, 4.69) is 4.98 Å². The molecule has 0 aliphatic rings. The third-order valence-corrected chi connectivity index (χ3v) is 3.74. The second-order valence-electron chi connectivity index (χ2n) is 3.98. The number of rotatable bonds is 1. The fraction of sp³-hybridized carbons (Fsp3) is 0. The maximum atomic E-state index is 13.3. The fourth-order valence-corrected chi connectivity index (χ4v) is 2.75. The van der Waals surface area contributed by atoms with E-state index in [9.17, 15) is 13.2 Å². The van der Waals surface area contributed by atoms with Crippen molar-refractivity contribution in [1.82, 2.24) is 4.98 Å². The number of thiazole rings is 1. The fourth-order valence-electron chi connectivity index (χ4n) is 1.76. The molecule has 0 fully saturated rings. The maximum Gasteiger partial charge on any atom is 0.160 e. The summed E-state index contributed by atoms with van der Waals surface area (Å²) in [7, 11) is 0. The molecule has 1 heterocycles. The molecule has 2 N–H and O–H groups in total. The smallest absolute Gasteiger partial charge is 0.160 e. The average Bonchev–Trinajstić information content (AvgIpc) is 2.76. The number of nitrogens with zero attached hydrogens (tertiary/aromatic N) is 1. The van der Waals surface area contributed by atoms with Crippen LogP contribution in [-0.4, -0.2) is 4.98 Å². The SMILES string of the molecule is Nc1cc(F)c(F)cc1-c1nc2cc(F)ccc2s1. The van der Waals surface area contributed by atoms with Gasteiger partial charge in [0.2, 0.25) is 0 Å². The number of anilines is 1. The Morgan fingerprint density at radius 2 is 1.74 bits per heavy atom. The van der Waals surface area contributed by atoms with Crippen molar-refractivity contribution in [2.24, 2.45) is 0 Å². The van der Waals surface area contributed by atoms with Crippen molar-refractivity contribution in [1.29, 1.82) is 0 Å². The lowest BCUT2D eigenvalue weighted by Crippen LogP contribution is -1.94. The van der Waals surface area contributed by atoms with Gasteiger partial charge in [-0.25, -0.2) is 18.2 Å². The average molecular weight is 280 g/mol. The van der Waals surface area contributed by atoms with Gasteiger partial charge in [-0.15, -0.1) is 11.3 Å². The molecule has 19 heavy (non-hydrogen) atoms. The number of aromatic nitrogens is 1. The summed E-state index contributed by atoms with van der Waals surface area (Å²) >= 11 is 1.24. The third kappa shape index (κ3) is 2.04. The lowest BCUT2D eigenvalue weighted by Gasteiger charge is -2.02. The molecular weight excluding hydrogens is 273 g/mol. The number of hydrogen-bond acceptors (Lipinski definition) is 3. The molecule has 0 bridgehead atoms. The van der Waals surface area contributed by atoms with Gasteiger partial charge in [-0.2, -0.15) is 0 Å². The molecule has 3 rings (SSSR count). The number of benzene rings is 2. The zero-order valence-electron chi connectivity index (χ0n) is 9.45. The van der Waals surface area contributed by atoms with Crippen LogP contribution in [0.15, 0.2) is 30.3 Å². The highest BCUT2D eigenvalue weighted by Crippen LogP contribution is 2.34. The Bertz CT molecular complexity index is 783. The summed E-state index contributed by atoms with van der Waals surface area (Å²) in [5, 5.41) is 0.428. The predicted molar refractivity (Wildman–Crippen MR) is 69.3 cm³/mol. The first-order valence-electron chi connectivity index (χ1n) is 5.35. The second kappa shape index (κ2) is 4.24. The highest BCUT2D eigenvalue weighted by atomic mass is 32.1. The van der Waals surface area contributed by atoms with Crippen molar-refractivity contribution >= 4 is 27.2 Å². The summed E-state index contributed by atoms with van der Waals surface area (Å²) in [6.45, 7) is 0. The van der Waals surface area contributed by atoms with Crippen LogP contribution in [-0.2, 0) is 0 Å². The van der Waals surface area contributed by atoms with Gasteiger partial charge in [0.1, 0.15) is 10.8 Å². The predicted octanol–water partition coefficient (Wildman–Crippen LogP) is 3.96. The highest BCUT2D eigenvalue weighted by Gasteiger charge is 2.13. The Labute approximate surface area is 110 Å². The second-order valence-corrected chi connectivity index (χ2v) is 5.02. The van der Waals surface area contributed by atoms with Gasteiger partial charge in [-0.05, 0) is 18.2 Å². The summed E-state index contributed by atoms with van der Waals surface area (Å²) in [6.07, 6.45) is 0. The molecule has 3 aromatic rings. The van der Waals surface area contributed by atoms with Gasteiger partial charge in [0.15, 0.2) is 11.6 Å². The number of hydrogen-bond donors (Lipinski definition) is 1. The van der Waals surface area contributed by atoms with Gasteiger partial charge in [-0.1, -0.05) is 0 Å². The molecule has 0 amide bonds. The van der Waals surface area contributed by atoms with E-state index in [1.54, 1.807) is 6.07 Å². The zero-order valence-corrected chi connectivity index (χ0v) is 10.3. The van der Waals surface area contributed by atoms with Crippen molar-refractivity contribution in [3.63, 3.8) is 0 Å². The largest absolute Gasteiger partial charge is 0.398 e. The van der Waals surface area contributed by atoms with E-state index in [0.29, 0.717) is 16.1 Å². The number of nitrogens with two attached hydrogens (primary N) is 1. The van der Waals surface area contributed by atoms with Crippen LogP contribution >= 0.6 is 11.3 Å². The van der Waals surface area contributed by atoms with E-state index in [4.69, 9.17) is 5.73 Å². The molecule has 0 unspecified atom stereocenters. The highest BCUT2D eigenvalue weighted by molar-refractivity contribution is 7.21. The summed E-state index contributed by atoms with van der Waals surface area (Å²) in [5.74, 6) is -2.40. The van der Waals surface area contributed by atoms with E-state index in [1.165, 1.54) is 23.5 Å². The molecule has 0 spiro atoms. The monoisotopic (exact) mass is 280 g/mol. The minimum Gasteiger partial charge on any atom is -0.398 e. The summed E-state index contributed by atoms with van der Waals surface area (Å²) in [5.41, 5.74) is 6.52. The van der Waals surface area contributed by atoms with Gasteiger partial charge >= 0.3 is 0 Å². The number of nitrogen functional groups attached to an aromatic ring is 1. The molecule has 0 aliphatic carbocycles. The third-order valence-electron chi connectivity index (χ3n) is 2.67. The molecule has 1 aromatic heterocycles. The molecule has 6 heteroatoms. The molecule has 0 saturated carbocycles. The molecule has 2 aromatic carbocycles. The number of halogens is 3. The van der Waals surface area contributed by atoms with Crippen LogP contribution in [0.2, 0.25) is 0 Å². The van der Waals surface area contributed by atoms with E-state index >= 15 is 0 Å². The summed E-state index contributed by atoms with van der Waals surface area (Å²) in [4.78, 5) is 4.18. The first-order chi connectivity index (χ1) is 9.04. The standard InChI is InChI=1S/C13H7F3N2S/c14-6-1-2-12-11(3-6)18-13(19-12)7-4-8(15)9(16)5-10(7)17/h1-5H,17H2. The van der Waals surface area contributed by atoms with Crippen LogP contribution < -0.4 is 5.73 Å². The number of fused-ring (bicyclic) bond motifs is 1. The first-order valence-corrected chi connectivity index (χ1v) is 6.17. The van der Waals surface area contributed by atoms with Gasteiger partial charge in [-0.3, -0.25) is 0 Å². The molecule has 96 valence electrons. The molecular formula is C13H7F3N2S. The Balaban J connectivity index is 2.21. The van der Waals surface area contributed by atoms with Crippen LogP contribution in [0.4, 0.5) is 18.9 Å². The molecule has 0 radical (unpaired) electrons. The molecule has 0 atom stereocenters. The maximum absolute atomic E-state index is 13.3. The molecule has 2 nitrogen and oxygen atoms in total. The topological polar surface area (TPSA) is 38.9 Å². The van der Waals surface area contributed by atoms with E-state index in [1.807, 2.05) is 0 Å². The van der Waals surface area contributed by atoms with Crippen molar-refractivity contribution in [2.45, 2.75) is 0 Å². The van der Waals surface area contributed by atoms with E-state index in [-0.39, 0.29) is 5.69 Å². The van der Waals surface area contributed by atoms with Crippen LogP contribution in [0, 0.1) is 17.5 Å². The van der Waals surface area contributed by atoms with Crippen molar-refractivity contribution in [3.05, 3.63) is 47.8 Å². The summed E-state index contributed by atoms with van der Waals surface area (Å²) < 4.78 is 40.1. The van der Waals surface area contributed by atoms with Crippen molar-refractivity contribution in [3.8, 4) is 10.6 Å². The quantitative estimate of drug-likeness (QED) is 0.685. The van der Waals surface area contributed by atoms with Crippen LogP contribution in [0.25, 0.3) is 20.8 Å². The van der Waals surface area contributed by atoms with Crippen LogP contribution in [0.1, 0.15) is 0 Å². The molecule has 0 saturated heterocycles. The Morgan fingerprint density at radius 1 is 1.00 bits per heavy atom. The zero-order chi connectivity index (χ0) is 13.6. The first kappa shape index (κ1) is 12.0. The lowest BCUT2D eigenvalue weighted by atomic mass is 10.2. The Hall–Kier alpha value is -2.08. The van der Waals surface area contributed by atoms with Gasteiger partial charge in [0.05, 0.1) is 10.2 Å². The Morgan fingerprint density at radius 3 is 2.53 bits per heavy atom. The normalized spacial score (nSPS) is 11.1. The van der Waals surface area contributed by atoms with E-state index < -0.39 is 17.5 Å². The lowest BCUT2D eigenvalue weighted by molar-refractivity contribution is 0.509.